The maximum absolute atomic E-state index is 13.0. The molecule has 1 aliphatic heterocycles. The average molecular weight is 434 g/mol. The van der Waals surface area contributed by atoms with Gasteiger partial charge in [0.1, 0.15) is 0 Å². The summed E-state index contributed by atoms with van der Waals surface area (Å²) in [6.07, 6.45) is 4.36. The van der Waals surface area contributed by atoms with Gasteiger partial charge in [-0.25, -0.2) is 0 Å². The van der Waals surface area contributed by atoms with Gasteiger partial charge in [-0.2, -0.15) is 10.4 Å². The molecule has 7 heteroatoms. The molecule has 0 N–H and O–H groups in total. The summed E-state index contributed by atoms with van der Waals surface area (Å²) in [4.78, 5) is 17.3. The molecule has 2 heterocycles. The van der Waals surface area contributed by atoms with Gasteiger partial charge in [0.05, 0.1) is 29.9 Å². The van der Waals surface area contributed by atoms with Crippen LogP contribution in [0.4, 0.5) is 0 Å². The van der Waals surface area contributed by atoms with E-state index in [1.165, 1.54) is 5.56 Å². The van der Waals surface area contributed by atoms with Crippen molar-refractivity contribution in [2.75, 3.05) is 26.2 Å². The van der Waals surface area contributed by atoms with Crippen molar-refractivity contribution in [2.45, 2.75) is 19.5 Å². The minimum absolute atomic E-state index is 0.0191. The summed E-state index contributed by atoms with van der Waals surface area (Å²) in [5, 5.41) is 14.0. The zero-order chi connectivity index (χ0) is 21.6. The van der Waals surface area contributed by atoms with Crippen LogP contribution in [0.5, 0.6) is 0 Å². The van der Waals surface area contributed by atoms with Gasteiger partial charge in [-0.15, -0.1) is 0 Å². The average Bonchev–Trinajstić information content (AvgIpc) is 3.13. The lowest BCUT2D eigenvalue weighted by Gasteiger charge is -2.21. The Morgan fingerprint density at radius 3 is 2.61 bits per heavy atom. The first kappa shape index (κ1) is 21.1. The van der Waals surface area contributed by atoms with Gasteiger partial charge in [-0.3, -0.25) is 14.4 Å². The van der Waals surface area contributed by atoms with E-state index >= 15 is 0 Å². The van der Waals surface area contributed by atoms with Crippen LogP contribution >= 0.6 is 11.6 Å². The predicted molar refractivity (Wildman–Crippen MR) is 120 cm³/mol. The number of carbonyl (C=O) groups is 1. The Kier molecular flexibility index (Phi) is 6.66. The standard InChI is InChI=1S/C24H24ClN5O/c25-23-5-2-1-4-21(23)17-30-18-22(15-27-30)24(31)29-11-3-10-28(12-13-29)16-20-8-6-19(14-26)7-9-20/h1-2,4-9,15,18H,3,10-13,16-17H2. The molecule has 4 rings (SSSR count). The zero-order valence-corrected chi connectivity index (χ0v) is 18.0. The van der Waals surface area contributed by atoms with Crippen LogP contribution in [0.3, 0.4) is 0 Å². The maximum atomic E-state index is 13.0. The fourth-order valence-corrected chi connectivity index (χ4v) is 4.01. The Morgan fingerprint density at radius 2 is 1.84 bits per heavy atom. The molecule has 1 aliphatic rings. The van der Waals surface area contributed by atoms with E-state index in [-0.39, 0.29) is 5.91 Å². The molecule has 1 saturated heterocycles. The summed E-state index contributed by atoms with van der Waals surface area (Å²) in [5.74, 6) is 0.0191. The van der Waals surface area contributed by atoms with Crippen LogP contribution in [0, 0.1) is 11.3 Å². The number of hydrogen-bond donors (Lipinski definition) is 0. The van der Waals surface area contributed by atoms with Crippen LogP contribution < -0.4 is 0 Å². The van der Waals surface area contributed by atoms with Gasteiger partial charge >= 0.3 is 0 Å². The molecule has 0 atom stereocenters. The minimum Gasteiger partial charge on any atom is -0.337 e. The number of rotatable bonds is 5. The summed E-state index contributed by atoms with van der Waals surface area (Å²) in [6.45, 7) is 4.53. The van der Waals surface area contributed by atoms with Crippen LogP contribution in [-0.4, -0.2) is 51.7 Å². The predicted octanol–water partition coefficient (Wildman–Crippen LogP) is 3.80. The third-order valence-corrected chi connectivity index (χ3v) is 5.90. The molecule has 0 spiro atoms. The van der Waals surface area contributed by atoms with Crippen molar-refractivity contribution in [1.29, 1.82) is 5.26 Å². The van der Waals surface area contributed by atoms with Gasteiger partial charge in [0.15, 0.2) is 0 Å². The largest absolute Gasteiger partial charge is 0.337 e. The fourth-order valence-electron chi connectivity index (χ4n) is 3.82. The van der Waals surface area contributed by atoms with E-state index in [0.29, 0.717) is 29.2 Å². The molecule has 1 amide bonds. The van der Waals surface area contributed by atoms with Crippen LogP contribution in [0.2, 0.25) is 5.02 Å². The first-order valence-electron chi connectivity index (χ1n) is 10.4. The van der Waals surface area contributed by atoms with Crippen molar-refractivity contribution < 1.29 is 4.79 Å². The van der Waals surface area contributed by atoms with E-state index in [0.717, 1.165) is 38.2 Å². The molecule has 31 heavy (non-hydrogen) atoms. The Balaban J connectivity index is 1.35. The van der Waals surface area contributed by atoms with Crippen molar-refractivity contribution in [3.63, 3.8) is 0 Å². The maximum Gasteiger partial charge on any atom is 0.257 e. The topological polar surface area (TPSA) is 65.2 Å². The first-order chi connectivity index (χ1) is 15.1. The van der Waals surface area contributed by atoms with Gasteiger partial charge in [-0.05, 0) is 35.7 Å². The highest BCUT2D eigenvalue weighted by Crippen LogP contribution is 2.17. The normalized spacial score (nSPS) is 14.8. The smallest absolute Gasteiger partial charge is 0.257 e. The fraction of sp³-hybridized carbons (Fsp3) is 0.292. The lowest BCUT2D eigenvalue weighted by atomic mass is 10.1. The highest BCUT2D eigenvalue weighted by molar-refractivity contribution is 6.31. The number of aromatic nitrogens is 2. The zero-order valence-electron chi connectivity index (χ0n) is 17.2. The molecule has 0 saturated carbocycles. The molecule has 0 radical (unpaired) electrons. The number of benzene rings is 2. The van der Waals surface area contributed by atoms with E-state index in [2.05, 4.69) is 16.1 Å². The molecule has 3 aromatic rings. The minimum atomic E-state index is 0.0191. The van der Waals surface area contributed by atoms with E-state index in [9.17, 15) is 4.79 Å². The number of carbonyl (C=O) groups excluding carboxylic acids is 1. The second kappa shape index (κ2) is 9.78. The van der Waals surface area contributed by atoms with E-state index < -0.39 is 0 Å². The monoisotopic (exact) mass is 433 g/mol. The molecule has 6 nitrogen and oxygen atoms in total. The van der Waals surface area contributed by atoms with Crippen molar-refractivity contribution >= 4 is 17.5 Å². The van der Waals surface area contributed by atoms with Gasteiger partial charge in [0.2, 0.25) is 0 Å². The summed E-state index contributed by atoms with van der Waals surface area (Å²) in [6, 6.07) is 17.5. The lowest BCUT2D eigenvalue weighted by molar-refractivity contribution is 0.0761. The van der Waals surface area contributed by atoms with Crippen molar-refractivity contribution in [2.24, 2.45) is 0 Å². The van der Waals surface area contributed by atoms with Crippen LogP contribution in [0.1, 0.15) is 33.5 Å². The van der Waals surface area contributed by atoms with E-state index in [4.69, 9.17) is 16.9 Å². The second-order valence-electron chi connectivity index (χ2n) is 7.75. The molecular formula is C24H24ClN5O. The summed E-state index contributed by atoms with van der Waals surface area (Å²) in [5.41, 5.74) is 3.43. The SMILES string of the molecule is N#Cc1ccc(CN2CCCN(C(=O)c3cnn(Cc4ccccc4Cl)c3)CC2)cc1. The van der Waals surface area contributed by atoms with Gasteiger partial charge in [0.25, 0.3) is 5.91 Å². The van der Waals surface area contributed by atoms with Crippen LogP contribution in [0.25, 0.3) is 0 Å². The Bertz CT molecular complexity index is 1090. The van der Waals surface area contributed by atoms with Gasteiger partial charge in [0, 0.05) is 43.9 Å². The van der Waals surface area contributed by atoms with Crippen LogP contribution in [0.15, 0.2) is 60.9 Å². The summed E-state index contributed by atoms with van der Waals surface area (Å²) < 4.78 is 1.75. The second-order valence-corrected chi connectivity index (χ2v) is 8.16. The van der Waals surface area contributed by atoms with E-state index in [1.807, 2.05) is 53.4 Å². The molecule has 2 aromatic carbocycles. The summed E-state index contributed by atoms with van der Waals surface area (Å²) >= 11 is 6.23. The van der Waals surface area contributed by atoms with Crippen molar-refractivity contribution in [3.05, 3.63) is 88.2 Å². The van der Waals surface area contributed by atoms with Crippen LogP contribution in [-0.2, 0) is 13.1 Å². The third-order valence-electron chi connectivity index (χ3n) is 5.54. The van der Waals surface area contributed by atoms with Gasteiger partial charge < -0.3 is 4.90 Å². The Hall–Kier alpha value is -3.14. The first-order valence-corrected chi connectivity index (χ1v) is 10.8. The number of nitrogens with zero attached hydrogens (tertiary/aromatic N) is 5. The summed E-state index contributed by atoms with van der Waals surface area (Å²) in [7, 11) is 0. The molecule has 0 bridgehead atoms. The highest BCUT2D eigenvalue weighted by Gasteiger charge is 2.21. The third kappa shape index (κ3) is 5.32. The molecule has 0 aliphatic carbocycles. The lowest BCUT2D eigenvalue weighted by Crippen LogP contribution is -2.35. The Morgan fingerprint density at radius 1 is 1.03 bits per heavy atom. The number of amides is 1. The quantitative estimate of drug-likeness (QED) is 0.613. The van der Waals surface area contributed by atoms with Gasteiger partial charge in [-0.1, -0.05) is 41.9 Å². The van der Waals surface area contributed by atoms with Crippen molar-refractivity contribution in [3.8, 4) is 6.07 Å². The number of halogens is 1. The molecule has 1 aromatic heterocycles. The molecule has 158 valence electrons. The van der Waals surface area contributed by atoms with Crippen molar-refractivity contribution in [1.82, 2.24) is 19.6 Å². The molecule has 0 unspecified atom stereocenters. The Labute approximate surface area is 187 Å². The molecular weight excluding hydrogens is 410 g/mol. The number of hydrogen-bond acceptors (Lipinski definition) is 4. The number of nitriles is 1. The van der Waals surface area contributed by atoms with E-state index in [1.54, 1.807) is 17.1 Å². The highest BCUT2D eigenvalue weighted by atomic mass is 35.5. The molecule has 1 fully saturated rings.